The molecule has 9 heteroatoms. The molecule has 1 N–H and O–H groups in total. The van der Waals surface area contributed by atoms with Crippen molar-refractivity contribution in [2.24, 2.45) is 0 Å². The monoisotopic (exact) mass is 488 g/mol. The minimum atomic E-state index is -0.169. The largest absolute Gasteiger partial charge is 0.325 e. The SMILES string of the molecule is O=C(CSc1nnc(-c2ccccc2Cl)n1-c1ccc(Cl)cc1)Nc1ccc(Cl)cc1. The maximum atomic E-state index is 12.4. The number of hydrogen-bond donors (Lipinski definition) is 1. The Bertz CT molecular complexity index is 1210. The van der Waals surface area contributed by atoms with Crippen molar-refractivity contribution in [2.75, 3.05) is 11.1 Å². The van der Waals surface area contributed by atoms with E-state index in [-0.39, 0.29) is 11.7 Å². The minimum Gasteiger partial charge on any atom is -0.325 e. The van der Waals surface area contributed by atoms with Crippen LogP contribution in [-0.4, -0.2) is 26.4 Å². The first-order valence-corrected chi connectivity index (χ1v) is 11.3. The molecule has 1 heterocycles. The van der Waals surface area contributed by atoms with E-state index in [4.69, 9.17) is 34.8 Å². The summed E-state index contributed by atoms with van der Waals surface area (Å²) in [5, 5.41) is 13.8. The molecule has 0 fully saturated rings. The zero-order valence-electron chi connectivity index (χ0n) is 15.9. The average Bonchev–Trinajstić information content (AvgIpc) is 3.18. The van der Waals surface area contributed by atoms with Crippen LogP contribution in [0.3, 0.4) is 0 Å². The highest BCUT2D eigenvalue weighted by atomic mass is 35.5. The third-order valence-electron chi connectivity index (χ3n) is 4.29. The summed E-state index contributed by atoms with van der Waals surface area (Å²) in [6.45, 7) is 0. The molecular weight excluding hydrogens is 475 g/mol. The third-order valence-corrected chi connectivity index (χ3v) is 6.06. The Balaban J connectivity index is 1.61. The molecule has 156 valence electrons. The molecule has 4 rings (SSSR count). The Morgan fingerprint density at radius 2 is 1.52 bits per heavy atom. The Kier molecular flexibility index (Phi) is 6.83. The Morgan fingerprint density at radius 1 is 0.871 bits per heavy atom. The number of benzene rings is 3. The molecule has 0 aliphatic heterocycles. The molecular formula is C22H15Cl3N4OS. The van der Waals surface area contributed by atoms with Crippen LogP contribution >= 0.6 is 46.6 Å². The van der Waals surface area contributed by atoms with Gasteiger partial charge in [-0.1, -0.05) is 58.7 Å². The summed E-state index contributed by atoms with van der Waals surface area (Å²) in [7, 11) is 0. The Morgan fingerprint density at radius 3 is 2.19 bits per heavy atom. The van der Waals surface area contributed by atoms with Gasteiger partial charge in [-0.15, -0.1) is 10.2 Å². The van der Waals surface area contributed by atoms with Gasteiger partial charge in [0.1, 0.15) is 0 Å². The molecule has 0 unspecified atom stereocenters. The lowest BCUT2D eigenvalue weighted by molar-refractivity contribution is -0.113. The summed E-state index contributed by atoms with van der Waals surface area (Å²) in [6, 6.07) is 21.6. The van der Waals surface area contributed by atoms with Crippen molar-refractivity contribution in [3.63, 3.8) is 0 Å². The highest BCUT2D eigenvalue weighted by Crippen LogP contribution is 2.32. The fourth-order valence-electron chi connectivity index (χ4n) is 2.86. The van der Waals surface area contributed by atoms with E-state index in [0.717, 1.165) is 11.3 Å². The molecule has 4 aromatic rings. The Hall–Kier alpha value is -2.51. The molecule has 0 saturated heterocycles. The van der Waals surface area contributed by atoms with Crippen molar-refractivity contribution in [1.29, 1.82) is 0 Å². The van der Waals surface area contributed by atoms with Crippen molar-refractivity contribution in [3.8, 4) is 17.1 Å². The van der Waals surface area contributed by atoms with Crippen LogP contribution in [0.4, 0.5) is 5.69 Å². The third kappa shape index (κ3) is 5.22. The molecule has 5 nitrogen and oxygen atoms in total. The molecule has 0 atom stereocenters. The summed E-state index contributed by atoms with van der Waals surface area (Å²) in [5.41, 5.74) is 2.22. The molecule has 1 aromatic heterocycles. The van der Waals surface area contributed by atoms with Gasteiger partial charge in [0, 0.05) is 27.0 Å². The predicted octanol–water partition coefficient (Wildman–Crippen LogP) is 6.63. The summed E-state index contributed by atoms with van der Waals surface area (Å²) in [4.78, 5) is 12.4. The number of carbonyl (C=O) groups is 1. The van der Waals surface area contributed by atoms with Gasteiger partial charge < -0.3 is 5.32 Å². The summed E-state index contributed by atoms with van der Waals surface area (Å²) < 4.78 is 1.86. The van der Waals surface area contributed by atoms with E-state index in [9.17, 15) is 4.79 Å². The lowest BCUT2D eigenvalue weighted by Crippen LogP contribution is -2.14. The minimum absolute atomic E-state index is 0.150. The number of amides is 1. The highest BCUT2D eigenvalue weighted by Gasteiger charge is 2.19. The number of nitrogens with zero attached hydrogens (tertiary/aromatic N) is 3. The molecule has 31 heavy (non-hydrogen) atoms. The second-order valence-electron chi connectivity index (χ2n) is 6.44. The smallest absolute Gasteiger partial charge is 0.234 e. The molecule has 1 amide bonds. The lowest BCUT2D eigenvalue weighted by Gasteiger charge is -2.11. The number of aromatic nitrogens is 3. The maximum absolute atomic E-state index is 12.4. The number of nitrogens with one attached hydrogen (secondary N) is 1. The normalized spacial score (nSPS) is 10.8. The number of halogens is 3. The lowest BCUT2D eigenvalue weighted by atomic mass is 10.2. The topological polar surface area (TPSA) is 59.8 Å². The molecule has 0 bridgehead atoms. The summed E-state index contributed by atoms with van der Waals surface area (Å²) in [6.07, 6.45) is 0. The van der Waals surface area contributed by atoms with Gasteiger partial charge in [0.05, 0.1) is 10.8 Å². The van der Waals surface area contributed by atoms with Crippen molar-refractivity contribution in [1.82, 2.24) is 14.8 Å². The first kappa shape index (κ1) is 21.7. The van der Waals surface area contributed by atoms with Crippen molar-refractivity contribution >= 4 is 58.2 Å². The standard InChI is InChI=1S/C22H15Cl3N4OS/c23-14-5-9-16(10-6-14)26-20(30)13-31-22-28-27-21(18-3-1-2-4-19(18)25)29(22)17-11-7-15(24)8-12-17/h1-12H,13H2,(H,26,30). The second-order valence-corrected chi connectivity index (χ2v) is 8.66. The van der Waals surface area contributed by atoms with Crippen LogP contribution in [0.25, 0.3) is 17.1 Å². The molecule has 3 aromatic carbocycles. The van der Waals surface area contributed by atoms with E-state index < -0.39 is 0 Å². The number of hydrogen-bond acceptors (Lipinski definition) is 4. The predicted molar refractivity (Wildman–Crippen MR) is 128 cm³/mol. The first-order valence-electron chi connectivity index (χ1n) is 9.16. The summed E-state index contributed by atoms with van der Waals surface area (Å²) >= 11 is 19.6. The van der Waals surface area contributed by atoms with Crippen LogP contribution in [0.15, 0.2) is 78.0 Å². The molecule has 0 spiro atoms. The van der Waals surface area contributed by atoms with Crippen LogP contribution in [0.5, 0.6) is 0 Å². The van der Waals surface area contributed by atoms with Gasteiger partial charge in [0.25, 0.3) is 0 Å². The average molecular weight is 490 g/mol. The van der Waals surface area contributed by atoms with E-state index in [1.54, 1.807) is 42.5 Å². The van der Waals surface area contributed by atoms with Crippen LogP contribution in [0, 0.1) is 0 Å². The second kappa shape index (κ2) is 9.75. The van der Waals surface area contributed by atoms with E-state index >= 15 is 0 Å². The molecule has 0 aliphatic carbocycles. The Labute approximate surface area is 198 Å². The van der Waals surface area contributed by atoms with Crippen LogP contribution in [0.1, 0.15) is 0 Å². The van der Waals surface area contributed by atoms with Gasteiger partial charge in [-0.25, -0.2) is 0 Å². The summed E-state index contributed by atoms with van der Waals surface area (Å²) in [5.74, 6) is 0.558. The first-order chi connectivity index (χ1) is 15.0. The van der Waals surface area contributed by atoms with E-state index in [1.807, 2.05) is 34.9 Å². The fraction of sp³-hybridized carbons (Fsp3) is 0.0455. The van der Waals surface area contributed by atoms with Crippen molar-refractivity contribution in [2.45, 2.75) is 5.16 Å². The van der Waals surface area contributed by atoms with E-state index in [2.05, 4.69) is 15.5 Å². The van der Waals surface area contributed by atoms with E-state index in [1.165, 1.54) is 11.8 Å². The van der Waals surface area contributed by atoms with Crippen molar-refractivity contribution in [3.05, 3.63) is 87.9 Å². The maximum Gasteiger partial charge on any atom is 0.234 e. The van der Waals surface area contributed by atoms with Gasteiger partial charge in [-0.2, -0.15) is 0 Å². The zero-order valence-corrected chi connectivity index (χ0v) is 19.0. The van der Waals surface area contributed by atoms with Crippen LogP contribution < -0.4 is 5.32 Å². The number of rotatable bonds is 6. The number of thioether (sulfide) groups is 1. The quantitative estimate of drug-likeness (QED) is 0.309. The zero-order chi connectivity index (χ0) is 21.8. The van der Waals surface area contributed by atoms with Gasteiger partial charge in [0.15, 0.2) is 11.0 Å². The molecule has 0 aliphatic rings. The van der Waals surface area contributed by atoms with Crippen molar-refractivity contribution < 1.29 is 4.79 Å². The number of carbonyl (C=O) groups excluding carboxylic acids is 1. The van der Waals surface area contributed by atoms with Gasteiger partial charge >= 0.3 is 0 Å². The van der Waals surface area contributed by atoms with Gasteiger partial charge in [-0.3, -0.25) is 9.36 Å². The number of anilines is 1. The van der Waals surface area contributed by atoms with Crippen LogP contribution in [-0.2, 0) is 4.79 Å². The van der Waals surface area contributed by atoms with Gasteiger partial charge in [-0.05, 0) is 60.7 Å². The van der Waals surface area contributed by atoms with Gasteiger partial charge in [0.2, 0.25) is 5.91 Å². The molecule has 0 saturated carbocycles. The van der Waals surface area contributed by atoms with Crippen LogP contribution in [0.2, 0.25) is 15.1 Å². The molecule has 0 radical (unpaired) electrons. The fourth-order valence-corrected chi connectivity index (χ4v) is 4.09. The van der Waals surface area contributed by atoms with E-state index in [0.29, 0.717) is 31.7 Å². The highest BCUT2D eigenvalue weighted by molar-refractivity contribution is 7.99.